The minimum Gasteiger partial charge on any atom is -0.490 e. The van der Waals surface area contributed by atoms with Crippen LogP contribution in [0.15, 0.2) is 42.9 Å². The first-order chi connectivity index (χ1) is 13.0. The van der Waals surface area contributed by atoms with Gasteiger partial charge in [0.05, 0.1) is 11.7 Å². The molecule has 6 heteroatoms. The van der Waals surface area contributed by atoms with E-state index >= 15 is 0 Å². The first-order valence-electron chi connectivity index (χ1n) is 9.38. The number of carbonyl (C=O) groups is 1. The van der Waals surface area contributed by atoms with Crippen molar-refractivity contribution in [3.05, 3.63) is 42.9 Å². The zero-order chi connectivity index (χ0) is 19.0. The first kappa shape index (κ1) is 17.5. The summed E-state index contributed by atoms with van der Waals surface area (Å²) < 4.78 is 8.26. The summed E-state index contributed by atoms with van der Waals surface area (Å²) in [5.74, 6) is 1.06. The predicted octanol–water partition coefficient (Wildman–Crippen LogP) is 3.58. The lowest BCUT2D eigenvalue weighted by Gasteiger charge is -2.21. The normalized spacial score (nSPS) is 18.1. The Morgan fingerprint density at radius 2 is 2.11 bits per heavy atom. The van der Waals surface area contributed by atoms with Crippen LogP contribution < -0.4 is 10.1 Å². The Morgan fingerprint density at radius 1 is 1.26 bits per heavy atom. The van der Waals surface area contributed by atoms with Gasteiger partial charge in [-0.05, 0) is 50.6 Å². The van der Waals surface area contributed by atoms with Crippen molar-refractivity contribution < 1.29 is 9.53 Å². The molecule has 3 heterocycles. The molecule has 1 N–H and O–H groups in total. The molecule has 0 spiro atoms. The molecule has 1 aliphatic rings. The molecule has 2 aromatic heterocycles. The number of ether oxygens (including phenoxy) is 1. The molecular formula is C21H24N4O2. The van der Waals surface area contributed by atoms with Crippen LogP contribution in [0.5, 0.6) is 5.75 Å². The number of hydrogen-bond acceptors (Lipinski definition) is 4. The number of benzene rings is 1. The number of fused-ring (bicyclic) bond motifs is 1. The summed E-state index contributed by atoms with van der Waals surface area (Å²) in [4.78, 5) is 16.0. The number of aromatic nitrogens is 3. The van der Waals surface area contributed by atoms with Gasteiger partial charge in [-0.1, -0.05) is 0 Å². The highest BCUT2D eigenvalue weighted by Gasteiger charge is 2.28. The largest absolute Gasteiger partial charge is 0.490 e. The number of nitrogens with one attached hydrogen (secondary N) is 1. The summed E-state index contributed by atoms with van der Waals surface area (Å²) in [6.07, 6.45) is 6.15. The van der Waals surface area contributed by atoms with Gasteiger partial charge in [-0.15, -0.1) is 0 Å². The zero-order valence-electron chi connectivity index (χ0n) is 15.8. The summed E-state index contributed by atoms with van der Waals surface area (Å²) >= 11 is 0. The molecule has 3 aromatic rings. The third-order valence-electron chi connectivity index (χ3n) is 5.13. The van der Waals surface area contributed by atoms with Crippen molar-refractivity contribution in [2.75, 3.05) is 6.54 Å². The van der Waals surface area contributed by atoms with Gasteiger partial charge in [-0.2, -0.15) is 5.10 Å². The number of hydrogen-bond donors (Lipinski definition) is 1. The predicted molar refractivity (Wildman–Crippen MR) is 105 cm³/mol. The van der Waals surface area contributed by atoms with E-state index in [1.165, 1.54) is 0 Å². The Balaban J connectivity index is 1.71. The van der Waals surface area contributed by atoms with Crippen molar-refractivity contribution in [2.24, 2.45) is 5.92 Å². The third-order valence-corrected chi connectivity index (χ3v) is 5.13. The molecule has 1 fully saturated rings. The van der Waals surface area contributed by atoms with E-state index in [1.54, 1.807) is 6.20 Å². The quantitative estimate of drug-likeness (QED) is 0.751. The molecule has 2 atom stereocenters. The Kier molecular flexibility index (Phi) is 4.56. The molecule has 140 valence electrons. The molecule has 0 saturated carbocycles. The van der Waals surface area contributed by atoms with Gasteiger partial charge in [0.15, 0.2) is 0 Å². The van der Waals surface area contributed by atoms with Crippen molar-refractivity contribution >= 4 is 16.8 Å². The Labute approximate surface area is 158 Å². The van der Waals surface area contributed by atoms with Crippen LogP contribution in [0.2, 0.25) is 0 Å². The Bertz CT molecular complexity index is 979. The fraction of sp³-hybridized carbons (Fsp3) is 0.381. The monoisotopic (exact) mass is 364 g/mol. The van der Waals surface area contributed by atoms with Crippen molar-refractivity contribution in [1.82, 2.24) is 20.1 Å². The highest BCUT2D eigenvalue weighted by molar-refractivity contribution is 5.90. The van der Waals surface area contributed by atoms with Crippen LogP contribution in [0, 0.1) is 5.92 Å². The van der Waals surface area contributed by atoms with Gasteiger partial charge < -0.3 is 10.1 Å². The fourth-order valence-electron chi connectivity index (χ4n) is 3.44. The van der Waals surface area contributed by atoms with E-state index in [9.17, 15) is 4.79 Å². The number of rotatable bonds is 5. The van der Waals surface area contributed by atoms with E-state index in [0.717, 1.165) is 27.8 Å². The van der Waals surface area contributed by atoms with Gasteiger partial charge in [0.1, 0.15) is 11.9 Å². The van der Waals surface area contributed by atoms with Crippen LogP contribution in [-0.2, 0) is 4.79 Å². The Hall–Kier alpha value is -2.89. The molecule has 4 rings (SSSR count). The van der Waals surface area contributed by atoms with Gasteiger partial charge in [0, 0.05) is 48.3 Å². The van der Waals surface area contributed by atoms with Crippen LogP contribution in [0.4, 0.5) is 0 Å². The van der Waals surface area contributed by atoms with Crippen LogP contribution in [0.25, 0.3) is 22.0 Å². The number of pyridine rings is 1. The molecule has 0 radical (unpaired) electrons. The molecule has 27 heavy (non-hydrogen) atoms. The van der Waals surface area contributed by atoms with E-state index in [1.807, 2.05) is 42.2 Å². The van der Waals surface area contributed by atoms with E-state index in [-0.39, 0.29) is 17.9 Å². The lowest BCUT2D eigenvalue weighted by Crippen LogP contribution is -2.25. The van der Waals surface area contributed by atoms with Crippen LogP contribution >= 0.6 is 0 Å². The maximum absolute atomic E-state index is 11.5. The van der Waals surface area contributed by atoms with E-state index in [2.05, 4.69) is 35.3 Å². The average molecular weight is 364 g/mol. The topological polar surface area (TPSA) is 69.0 Å². The van der Waals surface area contributed by atoms with Crippen LogP contribution in [-0.4, -0.2) is 33.3 Å². The maximum atomic E-state index is 11.5. The number of amides is 1. The third kappa shape index (κ3) is 3.52. The fourth-order valence-corrected chi connectivity index (χ4v) is 3.44. The number of carbonyl (C=O) groups excluding carboxylic acids is 1. The van der Waals surface area contributed by atoms with Gasteiger partial charge in [-0.3, -0.25) is 14.5 Å². The van der Waals surface area contributed by atoms with Crippen molar-refractivity contribution in [1.29, 1.82) is 0 Å². The summed E-state index contributed by atoms with van der Waals surface area (Å²) in [6.45, 7) is 6.89. The SMILES string of the molecule is CC(Oc1cc(-c2cnn(C(C)C)c2)cc2ncccc12)C1CNC(=O)C1. The second-order valence-electron chi connectivity index (χ2n) is 7.44. The van der Waals surface area contributed by atoms with Crippen LogP contribution in [0.1, 0.15) is 33.2 Å². The minimum absolute atomic E-state index is 0.0685. The van der Waals surface area contributed by atoms with Crippen molar-refractivity contribution in [3.8, 4) is 16.9 Å². The summed E-state index contributed by atoms with van der Waals surface area (Å²) in [5, 5.41) is 8.30. The molecule has 0 aliphatic carbocycles. The van der Waals surface area contributed by atoms with Gasteiger partial charge in [0.25, 0.3) is 0 Å². The lowest BCUT2D eigenvalue weighted by molar-refractivity contribution is -0.119. The van der Waals surface area contributed by atoms with Crippen LogP contribution in [0.3, 0.4) is 0 Å². The maximum Gasteiger partial charge on any atom is 0.220 e. The minimum atomic E-state index is -0.0685. The molecule has 2 unspecified atom stereocenters. The number of nitrogens with zero attached hydrogens (tertiary/aromatic N) is 3. The van der Waals surface area contributed by atoms with Crippen molar-refractivity contribution in [3.63, 3.8) is 0 Å². The molecule has 0 bridgehead atoms. The summed E-state index contributed by atoms with van der Waals surface area (Å²) in [6, 6.07) is 8.35. The lowest BCUT2D eigenvalue weighted by atomic mass is 10.0. The standard InChI is InChI=1S/C21H24N4O2/c1-13(2)25-12-17(11-24-25)15-7-19-18(5-4-6-22-19)20(8-15)27-14(3)16-9-21(26)23-10-16/h4-8,11-14,16H,9-10H2,1-3H3,(H,23,26). The smallest absolute Gasteiger partial charge is 0.220 e. The average Bonchev–Trinajstić information content (AvgIpc) is 3.31. The van der Waals surface area contributed by atoms with Crippen molar-refractivity contribution in [2.45, 2.75) is 39.3 Å². The van der Waals surface area contributed by atoms with Gasteiger partial charge in [0.2, 0.25) is 5.91 Å². The molecule has 6 nitrogen and oxygen atoms in total. The molecule has 1 saturated heterocycles. The Morgan fingerprint density at radius 3 is 2.81 bits per heavy atom. The molecule has 1 aromatic carbocycles. The highest BCUT2D eigenvalue weighted by Crippen LogP contribution is 2.33. The summed E-state index contributed by atoms with van der Waals surface area (Å²) in [5.41, 5.74) is 2.94. The first-order valence-corrected chi connectivity index (χ1v) is 9.38. The molecule has 1 aliphatic heterocycles. The molecule has 1 amide bonds. The second-order valence-corrected chi connectivity index (χ2v) is 7.44. The van der Waals surface area contributed by atoms with E-state index in [4.69, 9.17) is 4.74 Å². The van der Waals surface area contributed by atoms with E-state index < -0.39 is 0 Å². The molecular weight excluding hydrogens is 340 g/mol. The van der Waals surface area contributed by atoms with E-state index in [0.29, 0.717) is 19.0 Å². The second kappa shape index (κ2) is 7.02. The summed E-state index contributed by atoms with van der Waals surface area (Å²) in [7, 11) is 0. The van der Waals surface area contributed by atoms with Gasteiger partial charge >= 0.3 is 0 Å². The van der Waals surface area contributed by atoms with Gasteiger partial charge in [-0.25, -0.2) is 0 Å². The highest BCUT2D eigenvalue weighted by atomic mass is 16.5. The zero-order valence-corrected chi connectivity index (χ0v) is 15.8.